The lowest BCUT2D eigenvalue weighted by molar-refractivity contribution is 0.783. The van der Waals surface area contributed by atoms with Crippen LogP contribution in [-0.4, -0.2) is 19.7 Å². The quantitative estimate of drug-likeness (QED) is 0.780. The zero-order valence-electron chi connectivity index (χ0n) is 10.6. The summed E-state index contributed by atoms with van der Waals surface area (Å²) in [5, 5.41) is 9.07. The van der Waals surface area contributed by atoms with Crippen LogP contribution in [-0.2, 0) is 7.05 Å². The van der Waals surface area contributed by atoms with E-state index >= 15 is 0 Å². The molecule has 0 saturated heterocycles. The number of nitrogens with zero attached hydrogens (tertiary/aromatic N) is 4. The molecule has 3 aromatic rings. The molecule has 6 heteroatoms. The van der Waals surface area contributed by atoms with Crippen molar-refractivity contribution in [3.05, 3.63) is 41.3 Å². The molecule has 2 aromatic heterocycles. The number of benzene rings is 1. The Morgan fingerprint density at radius 3 is 2.63 bits per heavy atom. The molecule has 0 amide bonds. The summed E-state index contributed by atoms with van der Waals surface area (Å²) in [7, 11) is 1.86. The summed E-state index contributed by atoms with van der Waals surface area (Å²) in [6.07, 6.45) is 1.76. The molecule has 19 heavy (non-hydrogen) atoms. The Balaban J connectivity index is 2.07. The van der Waals surface area contributed by atoms with Gasteiger partial charge in [-0.2, -0.15) is 5.10 Å². The molecule has 1 aromatic carbocycles. The molecule has 0 bridgehead atoms. The van der Waals surface area contributed by atoms with Gasteiger partial charge in [-0.05, 0) is 31.2 Å². The topological polar surface area (TPSA) is 55.6 Å². The fourth-order valence-electron chi connectivity index (χ4n) is 1.90. The third-order valence-electron chi connectivity index (χ3n) is 2.81. The molecular weight excluding hydrogens is 262 g/mol. The summed E-state index contributed by atoms with van der Waals surface area (Å²) in [4.78, 5) is 8.80. The first kappa shape index (κ1) is 11.9. The van der Waals surface area contributed by atoms with Gasteiger partial charge >= 0.3 is 0 Å². The lowest BCUT2D eigenvalue weighted by Crippen LogP contribution is -2.00. The largest absolute Gasteiger partial charge is 0.340 e. The predicted molar refractivity (Wildman–Crippen MR) is 75.8 cm³/mol. The van der Waals surface area contributed by atoms with Crippen molar-refractivity contribution in [1.82, 2.24) is 19.7 Å². The minimum atomic E-state index is 0.701. The van der Waals surface area contributed by atoms with E-state index in [2.05, 4.69) is 20.4 Å². The minimum Gasteiger partial charge on any atom is -0.340 e. The number of anilines is 2. The summed E-state index contributed by atoms with van der Waals surface area (Å²) >= 11 is 5.87. The molecule has 0 aliphatic carbocycles. The highest BCUT2D eigenvalue weighted by molar-refractivity contribution is 6.30. The Morgan fingerprint density at radius 1 is 1.16 bits per heavy atom. The number of halogens is 1. The zero-order chi connectivity index (χ0) is 13.4. The molecule has 1 N–H and O–H groups in total. The number of aromatic nitrogens is 4. The van der Waals surface area contributed by atoms with Gasteiger partial charge in [0, 0.05) is 17.8 Å². The molecule has 0 atom stereocenters. The fourth-order valence-corrected chi connectivity index (χ4v) is 2.02. The maximum atomic E-state index is 5.87. The van der Waals surface area contributed by atoms with Crippen LogP contribution in [0.1, 0.15) is 5.82 Å². The van der Waals surface area contributed by atoms with Crippen LogP contribution in [0.4, 0.5) is 11.5 Å². The third-order valence-corrected chi connectivity index (χ3v) is 3.06. The molecule has 3 rings (SSSR count). The van der Waals surface area contributed by atoms with Crippen LogP contribution in [0.2, 0.25) is 5.02 Å². The van der Waals surface area contributed by atoms with Gasteiger partial charge in [0.25, 0.3) is 0 Å². The maximum absolute atomic E-state index is 5.87. The summed E-state index contributed by atoms with van der Waals surface area (Å²) in [6.45, 7) is 1.86. The highest BCUT2D eigenvalue weighted by Crippen LogP contribution is 2.24. The molecule has 0 spiro atoms. The number of nitrogens with one attached hydrogen (secondary N) is 1. The summed E-state index contributed by atoms with van der Waals surface area (Å²) in [5.41, 5.74) is 1.73. The third kappa shape index (κ3) is 2.24. The molecule has 0 aliphatic heterocycles. The fraction of sp³-hybridized carbons (Fsp3) is 0.154. The van der Waals surface area contributed by atoms with Crippen molar-refractivity contribution in [2.45, 2.75) is 6.92 Å². The predicted octanol–water partition coefficient (Wildman–Crippen LogP) is 3.07. The number of hydrogen-bond acceptors (Lipinski definition) is 4. The van der Waals surface area contributed by atoms with Gasteiger partial charge in [0.15, 0.2) is 5.65 Å². The monoisotopic (exact) mass is 273 g/mol. The Hall–Kier alpha value is -2.14. The first-order valence-corrected chi connectivity index (χ1v) is 6.20. The second-order valence-corrected chi connectivity index (χ2v) is 4.69. The van der Waals surface area contributed by atoms with Gasteiger partial charge in [0.1, 0.15) is 11.6 Å². The molecular formula is C13H12ClN5. The molecule has 0 saturated carbocycles. The Bertz CT molecular complexity index is 733. The lowest BCUT2D eigenvalue weighted by Gasteiger charge is -2.07. The van der Waals surface area contributed by atoms with E-state index in [1.807, 2.05) is 38.2 Å². The maximum Gasteiger partial charge on any atom is 0.163 e. The standard InChI is InChI=1S/C13H12ClN5/c1-8-16-12(11-7-15-19(2)13(11)17-8)18-10-5-3-9(14)4-6-10/h3-7H,1-2H3,(H,16,17,18). The van der Waals surface area contributed by atoms with Gasteiger partial charge in [-0.25, -0.2) is 9.97 Å². The average Bonchev–Trinajstić information content (AvgIpc) is 2.74. The van der Waals surface area contributed by atoms with Crippen molar-refractivity contribution in [1.29, 1.82) is 0 Å². The van der Waals surface area contributed by atoms with E-state index in [0.717, 1.165) is 22.5 Å². The SMILES string of the molecule is Cc1nc(Nc2ccc(Cl)cc2)c2cnn(C)c2n1. The van der Waals surface area contributed by atoms with E-state index in [9.17, 15) is 0 Å². The molecule has 5 nitrogen and oxygen atoms in total. The van der Waals surface area contributed by atoms with Crippen molar-refractivity contribution in [3.8, 4) is 0 Å². The molecule has 2 heterocycles. The molecule has 0 radical (unpaired) electrons. The highest BCUT2D eigenvalue weighted by Gasteiger charge is 2.09. The highest BCUT2D eigenvalue weighted by atomic mass is 35.5. The van der Waals surface area contributed by atoms with Gasteiger partial charge in [-0.1, -0.05) is 11.6 Å². The molecule has 0 fully saturated rings. The average molecular weight is 274 g/mol. The van der Waals surface area contributed by atoms with Crippen molar-refractivity contribution in [2.75, 3.05) is 5.32 Å². The van der Waals surface area contributed by atoms with Crippen molar-refractivity contribution < 1.29 is 0 Å². The van der Waals surface area contributed by atoms with Crippen LogP contribution in [0.15, 0.2) is 30.5 Å². The Kier molecular flexibility index (Phi) is 2.83. The van der Waals surface area contributed by atoms with Crippen molar-refractivity contribution >= 4 is 34.1 Å². The van der Waals surface area contributed by atoms with Crippen LogP contribution >= 0.6 is 11.6 Å². The van der Waals surface area contributed by atoms with Gasteiger partial charge < -0.3 is 5.32 Å². The number of hydrogen-bond donors (Lipinski definition) is 1. The first-order valence-electron chi connectivity index (χ1n) is 5.82. The van der Waals surface area contributed by atoms with Crippen LogP contribution in [0, 0.1) is 6.92 Å². The normalized spacial score (nSPS) is 10.9. The number of fused-ring (bicyclic) bond motifs is 1. The molecule has 96 valence electrons. The lowest BCUT2D eigenvalue weighted by atomic mass is 10.3. The van der Waals surface area contributed by atoms with E-state index in [1.165, 1.54) is 0 Å². The minimum absolute atomic E-state index is 0.701. The van der Waals surface area contributed by atoms with Crippen LogP contribution in [0.25, 0.3) is 11.0 Å². The smallest absolute Gasteiger partial charge is 0.163 e. The summed E-state index contributed by atoms with van der Waals surface area (Å²) in [5.74, 6) is 1.45. The van der Waals surface area contributed by atoms with E-state index in [1.54, 1.807) is 10.9 Å². The van der Waals surface area contributed by atoms with Crippen LogP contribution in [0.5, 0.6) is 0 Å². The van der Waals surface area contributed by atoms with Crippen LogP contribution < -0.4 is 5.32 Å². The van der Waals surface area contributed by atoms with E-state index in [-0.39, 0.29) is 0 Å². The number of rotatable bonds is 2. The van der Waals surface area contributed by atoms with Crippen molar-refractivity contribution in [2.24, 2.45) is 7.05 Å². The Morgan fingerprint density at radius 2 is 1.89 bits per heavy atom. The summed E-state index contributed by atoms with van der Waals surface area (Å²) < 4.78 is 1.73. The molecule has 0 aliphatic rings. The zero-order valence-corrected chi connectivity index (χ0v) is 11.3. The second-order valence-electron chi connectivity index (χ2n) is 4.26. The van der Waals surface area contributed by atoms with Crippen molar-refractivity contribution in [3.63, 3.8) is 0 Å². The summed E-state index contributed by atoms with van der Waals surface area (Å²) in [6, 6.07) is 7.47. The van der Waals surface area contributed by atoms with E-state index < -0.39 is 0 Å². The second kappa shape index (κ2) is 4.51. The van der Waals surface area contributed by atoms with Gasteiger partial charge in [0.2, 0.25) is 0 Å². The number of aryl methyl sites for hydroxylation is 2. The van der Waals surface area contributed by atoms with E-state index in [0.29, 0.717) is 10.8 Å². The first-order chi connectivity index (χ1) is 9.13. The van der Waals surface area contributed by atoms with Gasteiger partial charge in [0.05, 0.1) is 11.6 Å². The van der Waals surface area contributed by atoms with Gasteiger partial charge in [-0.15, -0.1) is 0 Å². The van der Waals surface area contributed by atoms with Crippen LogP contribution in [0.3, 0.4) is 0 Å². The molecule has 0 unspecified atom stereocenters. The Labute approximate surface area is 115 Å². The van der Waals surface area contributed by atoms with E-state index in [4.69, 9.17) is 11.6 Å². The van der Waals surface area contributed by atoms with Gasteiger partial charge in [-0.3, -0.25) is 4.68 Å².